The van der Waals surface area contributed by atoms with E-state index in [1.54, 1.807) is 0 Å². The molecule has 0 saturated heterocycles. The fraction of sp³-hybridized carbons (Fsp3) is 0.263. The fourth-order valence-electron chi connectivity index (χ4n) is 2.79. The maximum atomic E-state index is 12.1. The van der Waals surface area contributed by atoms with Gasteiger partial charge in [-0.05, 0) is 42.0 Å². The van der Waals surface area contributed by atoms with Crippen molar-refractivity contribution in [1.82, 2.24) is 0 Å². The molecule has 1 aliphatic rings. The van der Waals surface area contributed by atoms with Crippen molar-refractivity contribution >= 4 is 11.8 Å². The lowest BCUT2D eigenvalue weighted by molar-refractivity contribution is -0.141. The molecule has 3 heteroatoms. The maximum absolute atomic E-state index is 12.1. The van der Waals surface area contributed by atoms with Crippen molar-refractivity contribution < 1.29 is 14.3 Å². The highest BCUT2D eigenvalue weighted by molar-refractivity contribution is 5.98. The van der Waals surface area contributed by atoms with Gasteiger partial charge in [0.2, 0.25) is 0 Å². The van der Waals surface area contributed by atoms with Gasteiger partial charge in [-0.15, -0.1) is 0 Å². The lowest BCUT2D eigenvalue weighted by Crippen LogP contribution is -2.15. The van der Waals surface area contributed by atoms with E-state index in [0.29, 0.717) is 5.56 Å². The van der Waals surface area contributed by atoms with Gasteiger partial charge in [0.1, 0.15) is 0 Å². The van der Waals surface area contributed by atoms with Crippen LogP contribution >= 0.6 is 0 Å². The van der Waals surface area contributed by atoms with Crippen LogP contribution in [0, 0.1) is 0 Å². The Hall–Kier alpha value is -2.42. The largest absolute Gasteiger partial charge is 0.457 e. The molecular weight excluding hydrogens is 276 g/mol. The van der Waals surface area contributed by atoms with Gasteiger partial charge >= 0.3 is 5.97 Å². The summed E-state index contributed by atoms with van der Waals surface area (Å²) in [6.45, 7) is -0.190. The van der Waals surface area contributed by atoms with Gasteiger partial charge < -0.3 is 4.74 Å². The summed E-state index contributed by atoms with van der Waals surface area (Å²) in [5.74, 6) is -0.517. The van der Waals surface area contributed by atoms with E-state index in [-0.39, 0.29) is 24.8 Å². The molecule has 0 N–H and O–H groups in total. The van der Waals surface area contributed by atoms with E-state index >= 15 is 0 Å². The van der Waals surface area contributed by atoms with Gasteiger partial charge in [-0.1, -0.05) is 42.5 Å². The maximum Gasteiger partial charge on any atom is 0.310 e. The van der Waals surface area contributed by atoms with Crippen LogP contribution in [-0.2, 0) is 28.8 Å². The summed E-state index contributed by atoms with van der Waals surface area (Å²) >= 11 is 0. The SMILES string of the molecule is O=C(Cc1ccccc1)OCC(=O)c1ccc2c(c1)CCC2. The van der Waals surface area contributed by atoms with Gasteiger partial charge in [0.15, 0.2) is 12.4 Å². The van der Waals surface area contributed by atoms with Crippen LogP contribution in [0.25, 0.3) is 0 Å². The predicted molar refractivity (Wildman–Crippen MR) is 83.9 cm³/mol. The average molecular weight is 294 g/mol. The second kappa shape index (κ2) is 6.56. The molecule has 0 radical (unpaired) electrons. The van der Waals surface area contributed by atoms with Crippen LogP contribution in [0.5, 0.6) is 0 Å². The highest BCUT2D eigenvalue weighted by Crippen LogP contribution is 2.23. The first-order valence-electron chi connectivity index (χ1n) is 7.57. The monoisotopic (exact) mass is 294 g/mol. The van der Waals surface area contributed by atoms with Crippen molar-refractivity contribution in [2.45, 2.75) is 25.7 Å². The molecule has 0 fully saturated rings. The van der Waals surface area contributed by atoms with Crippen LogP contribution < -0.4 is 0 Å². The van der Waals surface area contributed by atoms with E-state index in [0.717, 1.165) is 24.8 Å². The Balaban J connectivity index is 1.55. The zero-order chi connectivity index (χ0) is 15.4. The molecule has 0 heterocycles. The topological polar surface area (TPSA) is 43.4 Å². The van der Waals surface area contributed by atoms with Crippen molar-refractivity contribution in [3.63, 3.8) is 0 Å². The van der Waals surface area contributed by atoms with E-state index in [1.165, 1.54) is 11.1 Å². The first-order valence-corrected chi connectivity index (χ1v) is 7.57. The summed E-state index contributed by atoms with van der Waals surface area (Å²) in [7, 11) is 0. The summed E-state index contributed by atoms with van der Waals surface area (Å²) in [4.78, 5) is 23.9. The van der Waals surface area contributed by atoms with Crippen LogP contribution in [0.4, 0.5) is 0 Å². The molecule has 0 atom stereocenters. The van der Waals surface area contributed by atoms with Gasteiger partial charge in [-0.3, -0.25) is 9.59 Å². The summed E-state index contributed by atoms with van der Waals surface area (Å²) in [5, 5.41) is 0. The Labute approximate surface area is 129 Å². The number of hydrogen-bond acceptors (Lipinski definition) is 3. The first kappa shape index (κ1) is 14.5. The minimum Gasteiger partial charge on any atom is -0.457 e. The number of aryl methyl sites for hydroxylation is 2. The summed E-state index contributed by atoms with van der Waals surface area (Å²) < 4.78 is 5.09. The predicted octanol–water partition coefficient (Wildman–Crippen LogP) is 3.14. The Morgan fingerprint density at radius 2 is 1.73 bits per heavy atom. The van der Waals surface area contributed by atoms with Crippen molar-refractivity contribution in [3.8, 4) is 0 Å². The highest BCUT2D eigenvalue weighted by Gasteiger charge is 2.15. The Morgan fingerprint density at radius 1 is 0.955 bits per heavy atom. The number of benzene rings is 2. The smallest absolute Gasteiger partial charge is 0.310 e. The number of rotatable bonds is 5. The number of ketones is 1. The summed E-state index contributed by atoms with van der Waals surface area (Å²) in [6, 6.07) is 15.2. The molecule has 0 aliphatic heterocycles. The van der Waals surface area contributed by atoms with Crippen molar-refractivity contribution in [2.75, 3.05) is 6.61 Å². The van der Waals surface area contributed by atoms with Gasteiger partial charge in [0, 0.05) is 5.56 Å². The second-order valence-electron chi connectivity index (χ2n) is 5.58. The number of carbonyl (C=O) groups excluding carboxylic acids is 2. The number of hydrogen-bond donors (Lipinski definition) is 0. The third-order valence-electron chi connectivity index (χ3n) is 3.98. The molecule has 2 aromatic rings. The fourth-order valence-corrected chi connectivity index (χ4v) is 2.79. The van der Waals surface area contributed by atoms with Gasteiger partial charge in [0.05, 0.1) is 6.42 Å². The zero-order valence-electron chi connectivity index (χ0n) is 12.4. The zero-order valence-corrected chi connectivity index (χ0v) is 12.4. The Kier molecular flexibility index (Phi) is 4.33. The van der Waals surface area contributed by atoms with E-state index in [2.05, 4.69) is 0 Å². The number of esters is 1. The van der Waals surface area contributed by atoms with Crippen LogP contribution in [0.3, 0.4) is 0 Å². The number of carbonyl (C=O) groups is 2. The highest BCUT2D eigenvalue weighted by atomic mass is 16.5. The van der Waals surface area contributed by atoms with E-state index in [1.807, 2.05) is 48.5 Å². The number of ether oxygens (including phenoxy) is 1. The minimum absolute atomic E-state index is 0.142. The van der Waals surface area contributed by atoms with Gasteiger partial charge in [-0.2, -0.15) is 0 Å². The molecule has 0 saturated carbocycles. The van der Waals surface area contributed by atoms with E-state index in [4.69, 9.17) is 4.74 Å². The van der Waals surface area contributed by atoms with Gasteiger partial charge in [-0.25, -0.2) is 0 Å². The molecule has 22 heavy (non-hydrogen) atoms. The van der Waals surface area contributed by atoms with Crippen LogP contribution in [0.15, 0.2) is 48.5 Å². The van der Waals surface area contributed by atoms with Crippen molar-refractivity contribution in [1.29, 1.82) is 0 Å². The lowest BCUT2D eigenvalue weighted by Gasteiger charge is -2.06. The average Bonchev–Trinajstić information content (AvgIpc) is 3.01. The quantitative estimate of drug-likeness (QED) is 0.628. The lowest BCUT2D eigenvalue weighted by atomic mass is 10.0. The molecule has 0 aromatic heterocycles. The molecule has 0 amide bonds. The van der Waals surface area contributed by atoms with Crippen molar-refractivity contribution in [2.24, 2.45) is 0 Å². The second-order valence-corrected chi connectivity index (χ2v) is 5.58. The summed E-state index contributed by atoms with van der Waals surface area (Å²) in [5.41, 5.74) is 4.10. The molecule has 2 aromatic carbocycles. The molecule has 0 unspecified atom stereocenters. The van der Waals surface area contributed by atoms with Crippen LogP contribution in [0.2, 0.25) is 0 Å². The summed E-state index contributed by atoms with van der Waals surface area (Å²) in [6.07, 6.45) is 3.47. The minimum atomic E-state index is -0.374. The third kappa shape index (κ3) is 3.42. The Bertz CT molecular complexity index is 689. The number of fused-ring (bicyclic) bond motifs is 1. The molecule has 3 nitrogen and oxygen atoms in total. The normalized spacial score (nSPS) is 12.7. The first-order chi connectivity index (χ1) is 10.7. The van der Waals surface area contributed by atoms with Crippen LogP contribution in [0.1, 0.15) is 33.5 Å². The molecule has 0 bridgehead atoms. The van der Waals surface area contributed by atoms with Gasteiger partial charge in [0.25, 0.3) is 0 Å². The third-order valence-corrected chi connectivity index (χ3v) is 3.98. The van der Waals surface area contributed by atoms with E-state index < -0.39 is 0 Å². The molecule has 112 valence electrons. The standard InChI is InChI=1S/C19H18O3/c20-18(17-10-9-15-7-4-8-16(15)12-17)13-22-19(21)11-14-5-2-1-3-6-14/h1-3,5-6,9-10,12H,4,7-8,11,13H2. The molecule has 3 rings (SSSR count). The number of Topliss-reactive ketones (excluding diaryl/α,β-unsaturated/α-hetero) is 1. The molecular formula is C19H18O3. The Morgan fingerprint density at radius 3 is 2.55 bits per heavy atom. The van der Waals surface area contributed by atoms with Crippen LogP contribution in [-0.4, -0.2) is 18.4 Å². The molecule has 1 aliphatic carbocycles. The van der Waals surface area contributed by atoms with E-state index in [9.17, 15) is 9.59 Å². The molecule has 0 spiro atoms. The van der Waals surface area contributed by atoms with Crippen molar-refractivity contribution in [3.05, 3.63) is 70.8 Å².